The standard InChI is InChI=1S/C17H13Cl2NS/c18-15-7-4-8-16(17(15)19)20-10-14-9-13(11-21-14)12-5-2-1-3-6-12/h1-9,11,20H,10H2. The van der Waals surface area contributed by atoms with Gasteiger partial charge >= 0.3 is 0 Å². The number of thiophene rings is 1. The second kappa shape index (κ2) is 6.52. The van der Waals surface area contributed by atoms with E-state index >= 15 is 0 Å². The third kappa shape index (κ3) is 3.41. The molecule has 4 heteroatoms. The van der Waals surface area contributed by atoms with E-state index in [1.54, 1.807) is 17.4 Å². The molecule has 21 heavy (non-hydrogen) atoms. The number of nitrogens with one attached hydrogen (secondary N) is 1. The van der Waals surface area contributed by atoms with E-state index in [9.17, 15) is 0 Å². The Bertz CT molecular complexity index is 738. The van der Waals surface area contributed by atoms with Crippen molar-refractivity contribution in [2.75, 3.05) is 5.32 Å². The van der Waals surface area contributed by atoms with Crippen LogP contribution in [0.25, 0.3) is 11.1 Å². The normalized spacial score (nSPS) is 10.6. The molecule has 0 fully saturated rings. The van der Waals surface area contributed by atoms with Crippen LogP contribution in [0.4, 0.5) is 5.69 Å². The zero-order valence-corrected chi connectivity index (χ0v) is 13.5. The van der Waals surface area contributed by atoms with Crippen molar-refractivity contribution in [2.24, 2.45) is 0 Å². The average molecular weight is 334 g/mol. The summed E-state index contributed by atoms with van der Waals surface area (Å²) in [6.45, 7) is 0.734. The minimum absolute atomic E-state index is 0.567. The van der Waals surface area contributed by atoms with Gasteiger partial charge < -0.3 is 5.32 Å². The summed E-state index contributed by atoms with van der Waals surface area (Å²) in [7, 11) is 0. The number of halogens is 2. The van der Waals surface area contributed by atoms with Crippen LogP contribution in [0.1, 0.15) is 4.88 Å². The van der Waals surface area contributed by atoms with Gasteiger partial charge in [0.05, 0.1) is 15.7 Å². The molecule has 3 rings (SSSR count). The molecule has 0 saturated heterocycles. The third-order valence-electron chi connectivity index (χ3n) is 3.17. The Morgan fingerprint density at radius 2 is 1.71 bits per heavy atom. The van der Waals surface area contributed by atoms with Gasteiger partial charge in [-0.05, 0) is 34.7 Å². The minimum atomic E-state index is 0.567. The predicted octanol–water partition coefficient (Wildman–Crippen LogP) is 6.33. The Labute approximate surface area is 138 Å². The van der Waals surface area contributed by atoms with Gasteiger partial charge in [0, 0.05) is 11.4 Å². The highest BCUT2D eigenvalue weighted by molar-refractivity contribution is 7.10. The van der Waals surface area contributed by atoms with Gasteiger partial charge in [-0.15, -0.1) is 11.3 Å². The van der Waals surface area contributed by atoms with Crippen LogP contribution >= 0.6 is 34.5 Å². The quantitative estimate of drug-likeness (QED) is 0.587. The van der Waals surface area contributed by atoms with Crippen LogP contribution in [-0.4, -0.2) is 0 Å². The van der Waals surface area contributed by atoms with Crippen LogP contribution in [0.3, 0.4) is 0 Å². The summed E-state index contributed by atoms with van der Waals surface area (Å²) in [5.41, 5.74) is 3.34. The molecule has 106 valence electrons. The van der Waals surface area contributed by atoms with E-state index in [1.807, 2.05) is 18.2 Å². The first kappa shape index (κ1) is 14.5. The average Bonchev–Trinajstić information content (AvgIpc) is 2.99. The highest BCUT2D eigenvalue weighted by Crippen LogP contribution is 2.31. The number of benzene rings is 2. The van der Waals surface area contributed by atoms with Gasteiger partial charge in [-0.2, -0.15) is 0 Å². The molecule has 1 aromatic heterocycles. The second-order valence-corrected chi connectivity index (χ2v) is 6.40. The summed E-state index contributed by atoms with van der Waals surface area (Å²) < 4.78 is 0. The van der Waals surface area contributed by atoms with Gasteiger partial charge in [0.15, 0.2) is 0 Å². The summed E-state index contributed by atoms with van der Waals surface area (Å²) in [6.07, 6.45) is 0. The molecule has 1 N–H and O–H groups in total. The lowest BCUT2D eigenvalue weighted by molar-refractivity contribution is 1.19. The molecule has 0 aliphatic heterocycles. The van der Waals surface area contributed by atoms with Gasteiger partial charge in [0.2, 0.25) is 0 Å². The lowest BCUT2D eigenvalue weighted by Gasteiger charge is -2.07. The summed E-state index contributed by atoms with van der Waals surface area (Å²) >= 11 is 13.9. The Morgan fingerprint density at radius 1 is 0.905 bits per heavy atom. The van der Waals surface area contributed by atoms with E-state index < -0.39 is 0 Å². The van der Waals surface area contributed by atoms with Crippen molar-refractivity contribution in [3.8, 4) is 11.1 Å². The summed E-state index contributed by atoms with van der Waals surface area (Å²) in [5, 5.41) is 6.64. The van der Waals surface area contributed by atoms with Crippen molar-refractivity contribution in [2.45, 2.75) is 6.54 Å². The molecule has 0 atom stereocenters. The predicted molar refractivity (Wildman–Crippen MR) is 93.5 cm³/mol. The maximum absolute atomic E-state index is 6.17. The topological polar surface area (TPSA) is 12.0 Å². The molecule has 3 aromatic rings. The third-order valence-corrected chi connectivity index (χ3v) is 4.92. The molecule has 2 aromatic carbocycles. The first-order chi connectivity index (χ1) is 10.2. The Hall–Kier alpha value is -1.48. The van der Waals surface area contributed by atoms with E-state index in [2.05, 4.69) is 41.0 Å². The molecule has 0 bridgehead atoms. The Balaban J connectivity index is 1.72. The molecule has 0 saturated carbocycles. The van der Waals surface area contributed by atoms with Gasteiger partial charge in [-0.1, -0.05) is 59.6 Å². The second-order valence-electron chi connectivity index (χ2n) is 4.62. The van der Waals surface area contributed by atoms with Crippen LogP contribution in [0.5, 0.6) is 0 Å². The van der Waals surface area contributed by atoms with Gasteiger partial charge in [-0.25, -0.2) is 0 Å². The fourth-order valence-corrected chi connectivity index (χ4v) is 3.28. The highest BCUT2D eigenvalue weighted by Gasteiger charge is 2.05. The van der Waals surface area contributed by atoms with Crippen molar-refractivity contribution in [1.82, 2.24) is 0 Å². The molecule has 1 nitrogen and oxygen atoms in total. The molecular formula is C17H13Cl2NS. The Kier molecular flexibility index (Phi) is 4.49. The minimum Gasteiger partial charge on any atom is -0.379 e. The fourth-order valence-electron chi connectivity index (χ4n) is 2.08. The molecule has 0 unspecified atom stereocenters. The lowest BCUT2D eigenvalue weighted by atomic mass is 10.1. The van der Waals surface area contributed by atoms with E-state index in [4.69, 9.17) is 23.2 Å². The van der Waals surface area contributed by atoms with Crippen molar-refractivity contribution in [3.05, 3.63) is 74.9 Å². The van der Waals surface area contributed by atoms with Gasteiger partial charge in [0.1, 0.15) is 0 Å². The van der Waals surface area contributed by atoms with Crippen LogP contribution < -0.4 is 5.32 Å². The van der Waals surface area contributed by atoms with Crippen LogP contribution in [0, 0.1) is 0 Å². The van der Waals surface area contributed by atoms with Crippen LogP contribution in [0.15, 0.2) is 60.0 Å². The molecule has 0 aliphatic rings. The molecule has 0 aliphatic carbocycles. The summed E-state index contributed by atoms with van der Waals surface area (Å²) in [4.78, 5) is 1.25. The number of hydrogen-bond donors (Lipinski definition) is 1. The van der Waals surface area contributed by atoms with Crippen LogP contribution in [-0.2, 0) is 6.54 Å². The highest BCUT2D eigenvalue weighted by atomic mass is 35.5. The smallest absolute Gasteiger partial charge is 0.0823 e. The zero-order valence-electron chi connectivity index (χ0n) is 11.1. The van der Waals surface area contributed by atoms with Crippen molar-refractivity contribution in [3.63, 3.8) is 0 Å². The van der Waals surface area contributed by atoms with E-state index in [-0.39, 0.29) is 0 Å². The zero-order chi connectivity index (χ0) is 14.7. The number of rotatable bonds is 4. The SMILES string of the molecule is Clc1cccc(NCc2cc(-c3ccccc3)cs2)c1Cl. The maximum Gasteiger partial charge on any atom is 0.0823 e. The number of hydrogen-bond acceptors (Lipinski definition) is 2. The summed E-state index contributed by atoms with van der Waals surface area (Å²) in [5.74, 6) is 0. The first-order valence-corrected chi connectivity index (χ1v) is 8.18. The number of anilines is 1. The van der Waals surface area contributed by atoms with Gasteiger partial charge in [0.25, 0.3) is 0 Å². The first-order valence-electron chi connectivity index (χ1n) is 6.55. The van der Waals surface area contributed by atoms with Crippen molar-refractivity contribution < 1.29 is 0 Å². The monoisotopic (exact) mass is 333 g/mol. The van der Waals surface area contributed by atoms with Crippen molar-refractivity contribution >= 4 is 40.2 Å². The molecular weight excluding hydrogens is 321 g/mol. The van der Waals surface area contributed by atoms with Crippen molar-refractivity contribution in [1.29, 1.82) is 0 Å². The molecule has 0 amide bonds. The summed E-state index contributed by atoms with van der Waals surface area (Å²) in [6, 6.07) is 18.2. The fraction of sp³-hybridized carbons (Fsp3) is 0.0588. The Morgan fingerprint density at radius 3 is 2.52 bits per heavy atom. The maximum atomic E-state index is 6.17. The van der Waals surface area contributed by atoms with Gasteiger partial charge in [-0.3, -0.25) is 0 Å². The van der Waals surface area contributed by atoms with E-state index in [0.717, 1.165) is 12.2 Å². The molecule has 0 spiro atoms. The molecule has 0 radical (unpaired) electrons. The lowest BCUT2D eigenvalue weighted by Crippen LogP contribution is -1.97. The largest absolute Gasteiger partial charge is 0.379 e. The van der Waals surface area contributed by atoms with Crippen LogP contribution in [0.2, 0.25) is 10.0 Å². The molecule has 1 heterocycles. The van der Waals surface area contributed by atoms with E-state index in [1.165, 1.54) is 16.0 Å². The van der Waals surface area contributed by atoms with E-state index in [0.29, 0.717) is 10.0 Å².